The molecule has 15 heteroatoms. The van der Waals surface area contributed by atoms with Gasteiger partial charge in [-0.2, -0.15) is 16.8 Å². The summed E-state index contributed by atoms with van der Waals surface area (Å²) in [7, 11) is -7.82. The van der Waals surface area contributed by atoms with Crippen LogP contribution in [-0.2, 0) is 79.2 Å². The van der Waals surface area contributed by atoms with Gasteiger partial charge in [0.25, 0.3) is 0 Å². The third-order valence-corrected chi connectivity index (χ3v) is 3.32. The number of aliphatic hydroxyl groups excluding tert-OH is 2. The zero-order valence-electron chi connectivity index (χ0n) is 11.4. The summed E-state index contributed by atoms with van der Waals surface area (Å²) in [5.74, 6) is -0.896. The molecule has 0 atom stereocenters. The van der Waals surface area contributed by atoms with E-state index in [4.69, 9.17) is 10.2 Å². The molecule has 0 aromatic heterocycles. The summed E-state index contributed by atoms with van der Waals surface area (Å²) >= 11 is 0. The average Bonchev–Trinajstić information content (AvgIpc) is 2.08. The number of allylic oxidation sites excluding steroid dienone is 2. The van der Waals surface area contributed by atoms with E-state index in [-0.39, 0.29) is 61.8 Å². The van der Waals surface area contributed by atoms with E-state index in [0.717, 1.165) is 12.2 Å². The Morgan fingerprint density at radius 2 is 1.09 bits per heavy atom. The van der Waals surface area contributed by atoms with Gasteiger partial charge in [0.05, 0.1) is 0 Å². The van der Waals surface area contributed by atoms with Crippen molar-refractivity contribution in [1.29, 1.82) is 0 Å². The first-order chi connectivity index (χ1) is 8.99. The van der Waals surface area contributed by atoms with E-state index < -0.39 is 32.4 Å². The fraction of sp³-hybridized carbons (Fsp3) is 0.250. The Morgan fingerprint density at radius 1 is 0.826 bits per heavy atom. The molecule has 0 aliphatic carbocycles. The van der Waals surface area contributed by atoms with Crippen molar-refractivity contribution in [1.82, 2.24) is 0 Å². The summed E-state index contributed by atoms with van der Waals surface area (Å²) in [4.78, 5) is 0. The maximum absolute atomic E-state index is 10.5. The maximum atomic E-state index is 10.5. The molecule has 0 aromatic rings. The maximum Gasteiger partial charge on any atom is 0.431 e. The van der Waals surface area contributed by atoms with Crippen LogP contribution in [0.3, 0.4) is 0 Å². The molecule has 0 spiro atoms. The molecule has 2 aliphatic rings. The van der Waals surface area contributed by atoms with Gasteiger partial charge in [-0.15, -0.1) is 0 Å². The third kappa shape index (κ3) is 10.7. The van der Waals surface area contributed by atoms with Crippen molar-refractivity contribution >= 4 is 32.4 Å². The summed E-state index contributed by atoms with van der Waals surface area (Å²) in [5.41, 5.74) is 0. The molecule has 0 fully saturated rings. The van der Waals surface area contributed by atoms with Crippen molar-refractivity contribution in [2.45, 2.75) is 13.8 Å². The smallest absolute Gasteiger partial charge is 0.431 e. The Balaban J connectivity index is -0.000000308. The number of hydrogen-bond donors (Lipinski definition) is 2. The fourth-order valence-corrected chi connectivity index (χ4v) is 2.46. The monoisotopic (exact) mass is 559 g/mol. The summed E-state index contributed by atoms with van der Waals surface area (Å²) in [6, 6.07) is 0. The second-order valence-electron chi connectivity index (χ2n) is 3.43. The molecule has 142 valence electrons. The Bertz CT molecular complexity index is 674. The topological polar surface area (TPSA) is 185 Å². The molecule has 2 rings (SSSR count). The summed E-state index contributed by atoms with van der Waals surface area (Å²) < 4.78 is 55.9. The van der Waals surface area contributed by atoms with E-state index in [9.17, 15) is 16.8 Å². The molecule has 5 N–H and O–H groups in total. The van der Waals surface area contributed by atoms with E-state index >= 15 is 0 Å². The van der Waals surface area contributed by atoms with Crippen molar-refractivity contribution in [3.8, 4) is 0 Å². The van der Waals surface area contributed by atoms with Crippen molar-refractivity contribution in [2.75, 3.05) is 0 Å². The predicted molar refractivity (Wildman–Crippen MR) is 72.5 cm³/mol. The van der Waals surface area contributed by atoms with Crippen LogP contribution in [0, 0.1) is 0 Å². The van der Waals surface area contributed by atoms with Crippen molar-refractivity contribution in [2.24, 2.45) is 8.80 Å². The van der Waals surface area contributed by atoms with Crippen LogP contribution in [0.1, 0.15) is 13.8 Å². The van der Waals surface area contributed by atoms with Crippen LogP contribution in [0.2, 0.25) is 0 Å². The van der Waals surface area contributed by atoms with Gasteiger partial charge in [-0.05, 0) is 13.8 Å². The second-order valence-corrected chi connectivity index (χ2v) is 5.84. The molecule has 2 radical (unpaired) electrons. The molecule has 0 bridgehead atoms. The van der Waals surface area contributed by atoms with Gasteiger partial charge < -0.3 is 24.1 Å². The standard InChI is InChI=1S/2C4H5NO4S.2Ag.H2O/c2*1-3-2-4(6)5-10(7,8)9-3;;;/h2*2H,1H3,(H,5,6);;;1H2/p+1. The molecule has 0 unspecified atom stereocenters. The quantitative estimate of drug-likeness (QED) is 0.288. The normalized spacial score (nSPS) is 19.6. The third-order valence-electron chi connectivity index (χ3n) is 1.55. The first kappa shape index (κ1) is 27.2. The van der Waals surface area contributed by atoms with Gasteiger partial charge in [0.2, 0.25) is 11.8 Å². The van der Waals surface area contributed by atoms with Gasteiger partial charge in [0, 0.05) is 56.9 Å². The molecule has 0 saturated carbocycles. The molecule has 0 amide bonds. The molecule has 0 saturated heterocycles. The molecular formula is C8H13Ag2N2O9S2+. The largest absolute Gasteiger partial charge is 0.493 e. The van der Waals surface area contributed by atoms with Gasteiger partial charge in [0.15, 0.2) is 0 Å². The number of nitrogens with zero attached hydrogens (tertiary/aromatic N) is 2. The Labute approximate surface area is 163 Å². The van der Waals surface area contributed by atoms with Gasteiger partial charge in [-0.25, -0.2) is 0 Å². The van der Waals surface area contributed by atoms with E-state index in [0.29, 0.717) is 0 Å². The van der Waals surface area contributed by atoms with Gasteiger partial charge in [-0.3, -0.25) is 0 Å². The first-order valence-corrected chi connectivity index (χ1v) is 7.55. The van der Waals surface area contributed by atoms with Crippen LogP contribution in [0.4, 0.5) is 0 Å². The van der Waals surface area contributed by atoms with Gasteiger partial charge in [-0.1, -0.05) is 8.80 Å². The zero-order valence-corrected chi connectivity index (χ0v) is 16.0. The van der Waals surface area contributed by atoms with Crippen LogP contribution >= 0.6 is 0 Å². The van der Waals surface area contributed by atoms with E-state index in [1.165, 1.54) is 13.8 Å². The molecule has 23 heavy (non-hydrogen) atoms. The average molecular weight is 561 g/mol. The molecule has 2 aliphatic heterocycles. The van der Waals surface area contributed by atoms with E-state index in [2.05, 4.69) is 17.2 Å². The number of hydrogen-bond acceptors (Lipinski definition) is 6. The second kappa shape index (κ2) is 10.3. The van der Waals surface area contributed by atoms with Crippen LogP contribution < -0.4 is 0 Å². The van der Waals surface area contributed by atoms with Gasteiger partial charge in [0.1, 0.15) is 11.5 Å². The molecule has 11 nitrogen and oxygen atoms in total. The minimum Gasteiger partial charge on any atom is -0.493 e. The number of aliphatic hydroxyl groups is 2. The van der Waals surface area contributed by atoms with Crippen molar-refractivity contribution in [3.05, 3.63) is 23.7 Å². The Morgan fingerprint density at radius 3 is 1.26 bits per heavy atom. The minimum atomic E-state index is -3.91. The van der Waals surface area contributed by atoms with Crippen molar-refractivity contribution < 1.29 is 85.7 Å². The van der Waals surface area contributed by atoms with Crippen LogP contribution in [0.5, 0.6) is 0 Å². The van der Waals surface area contributed by atoms with Crippen LogP contribution in [0.25, 0.3) is 0 Å². The summed E-state index contributed by atoms with van der Waals surface area (Å²) in [6.45, 7) is 2.81. The van der Waals surface area contributed by atoms with E-state index in [1.807, 2.05) is 0 Å². The minimum absolute atomic E-state index is 0. The summed E-state index contributed by atoms with van der Waals surface area (Å²) in [5, 5.41) is 17.3. The molecule has 0 aromatic carbocycles. The van der Waals surface area contributed by atoms with Crippen LogP contribution in [0.15, 0.2) is 32.5 Å². The molecular weight excluding hydrogens is 548 g/mol. The number of rotatable bonds is 0. The van der Waals surface area contributed by atoms with Gasteiger partial charge >= 0.3 is 20.6 Å². The SMILES string of the molecule is CC1=CC(O)=NS(=O)(=O)O1.CC1=CC(O)=NS(=O)(=O)O1.[Ag].[Ag].[OH3+]. The Kier molecular flexibility index (Phi) is 12.2. The summed E-state index contributed by atoms with van der Waals surface area (Å²) in [6.07, 6.45) is 2.22. The Hall–Kier alpha value is -0.639. The fourth-order valence-electron chi connectivity index (χ4n) is 1.06. The van der Waals surface area contributed by atoms with Crippen LogP contribution in [-0.4, -0.2) is 38.8 Å². The predicted octanol–water partition coefficient (Wildman–Crippen LogP) is -0.683. The zero-order chi connectivity index (χ0) is 15.6. The van der Waals surface area contributed by atoms with Crippen molar-refractivity contribution in [3.63, 3.8) is 0 Å². The molecule has 2 heterocycles. The van der Waals surface area contributed by atoms with E-state index in [1.54, 1.807) is 0 Å². The first-order valence-electron chi connectivity index (χ1n) is 4.82.